The van der Waals surface area contributed by atoms with Gasteiger partial charge in [-0.05, 0) is 25.1 Å². The van der Waals surface area contributed by atoms with E-state index in [1.807, 2.05) is 38.2 Å². The lowest BCUT2D eigenvalue weighted by molar-refractivity contribution is 0.534. The Labute approximate surface area is 93.3 Å². The van der Waals surface area contributed by atoms with Gasteiger partial charge in [0.05, 0.1) is 16.6 Å². The molecule has 0 N–H and O–H groups in total. The van der Waals surface area contributed by atoms with Gasteiger partial charge in [-0.3, -0.25) is 0 Å². The SMILES string of the molecule is Cc1cc(-c2nc3ccccc3n2C)co1. The van der Waals surface area contributed by atoms with Gasteiger partial charge in [0.15, 0.2) is 0 Å². The standard InChI is InChI=1S/C13H12N2O/c1-9-7-10(8-16-9)13-14-11-5-3-4-6-12(11)15(13)2/h3-8H,1-2H3. The average Bonchev–Trinajstić information content (AvgIpc) is 2.84. The summed E-state index contributed by atoms with van der Waals surface area (Å²) in [6, 6.07) is 10.1. The van der Waals surface area contributed by atoms with E-state index in [2.05, 4.69) is 15.6 Å². The van der Waals surface area contributed by atoms with Crippen LogP contribution in [-0.4, -0.2) is 9.55 Å². The first-order valence-corrected chi connectivity index (χ1v) is 5.22. The zero-order chi connectivity index (χ0) is 11.1. The Morgan fingerprint density at radius 1 is 1.25 bits per heavy atom. The summed E-state index contributed by atoms with van der Waals surface area (Å²) in [5, 5.41) is 0. The van der Waals surface area contributed by atoms with Crippen molar-refractivity contribution in [1.82, 2.24) is 9.55 Å². The quantitative estimate of drug-likeness (QED) is 0.620. The molecule has 3 heteroatoms. The molecule has 3 aromatic rings. The minimum absolute atomic E-state index is 0.905. The number of fused-ring (bicyclic) bond motifs is 1. The van der Waals surface area contributed by atoms with Crippen LogP contribution in [0.2, 0.25) is 0 Å². The largest absolute Gasteiger partial charge is 0.469 e. The minimum atomic E-state index is 0.905. The van der Waals surface area contributed by atoms with Crippen molar-refractivity contribution < 1.29 is 4.42 Å². The fourth-order valence-corrected chi connectivity index (χ4v) is 1.96. The molecule has 80 valence electrons. The summed E-state index contributed by atoms with van der Waals surface area (Å²) in [7, 11) is 2.02. The van der Waals surface area contributed by atoms with E-state index in [0.717, 1.165) is 28.2 Å². The van der Waals surface area contributed by atoms with E-state index in [9.17, 15) is 0 Å². The van der Waals surface area contributed by atoms with Crippen molar-refractivity contribution in [3.05, 3.63) is 42.4 Å². The van der Waals surface area contributed by atoms with E-state index in [1.165, 1.54) is 0 Å². The van der Waals surface area contributed by atoms with Crippen LogP contribution in [0, 0.1) is 6.92 Å². The summed E-state index contributed by atoms with van der Waals surface area (Å²) in [4.78, 5) is 4.60. The van der Waals surface area contributed by atoms with E-state index in [4.69, 9.17) is 4.42 Å². The van der Waals surface area contributed by atoms with Crippen LogP contribution in [0.15, 0.2) is 41.0 Å². The lowest BCUT2D eigenvalue weighted by Gasteiger charge is -1.97. The van der Waals surface area contributed by atoms with Gasteiger partial charge >= 0.3 is 0 Å². The van der Waals surface area contributed by atoms with Gasteiger partial charge in [-0.1, -0.05) is 12.1 Å². The molecule has 0 saturated heterocycles. The van der Waals surface area contributed by atoms with Crippen molar-refractivity contribution >= 4 is 11.0 Å². The number of aromatic nitrogens is 2. The van der Waals surface area contributed by atoms with Crippen LogP contribution in [-0.2, 0) is 7.05 Å². The van der Waals surface area contributed by atoms with Crippen molar-refractivity contribution in [2.45, 2.75) is 6.92 Å². The first-order valence-electron chi connectivity index (χ1n) is 5.22. The molecule has 0 atom stereocenters. The van der Waals surface area contributed by atoms with Crippen LogP contribution in [0.25, 0.3) is 22.4 Å². The third kappa shape index (κ3) is 1.25. The summed E-state index contributed by atoms with van der Waals surface area (Å²) >= 11 is 0. The van der Waals surface area contributed by atoms with Crippen LogP contribution < -0.4 is 0 Å². The van der Waals surface area contributed by atoms with Gasteiger partial charge in [0.1, 0.15) is 17.8 Å². The summed E-state index contributed by atoms with van der Waals surface area (Å²) in [5.41, 5.74) is 3.17. The lowest BCUT2D eigenvalue weighted by atomic mass is 10.3. The van der Waals surface area contributed by atoms with E-state index in [1.54, 1.807) is 6.26 Å². The Kier molecular flexibility index (Phi) is 1.86. The molecule has 0 unspecified atom stereocenters. The molecule has 0 spiro atoms. The number of para-hydroxylation sites is 2. The Morgan fingerprint density at radius 2 is 2.06 bits per heavy atom. The first-order chi connectivity index (χ1) is 7.75. The smallest absolute Gasteiger partial charge is 0.144 e. The Balaban J connectivity index is 2.28. The maximum Gasteiger partial charge on any atom is 0.144 e. The molecule has 0 radical (unpaired) electrons. The van der Waals surface area contributed by atoms with Crippen molar-refractivity contribution in [1.29, 1.82) is 0 Å². The molecule has 16 heavy (non-hydrogen) atoms. The molecule has 0 fully saturated rings. The molecule has 3 nitrogen and oxygen atoms in total. The summed E-state index contributed by atoms with van der Waals surface area (Å²) in [6.07, 6.45) is 1.75. The Morgan fingerprint density at radius 3 is 2.75 bits per heavy atom. The molecule has 0 amide bonds. The van der Waals surface area contributed by atoms with Crippen LogP contribution >= 0.6 is 0 Å². The van der Waals surface area contributed by atoms with Gasteiger partial charge in [-0.15, -0.1) is 0 Å². The highest BCUT2D eigenvalue weighted by molar-refractivity contribution is 5.80. The van der Waals surface area contributed by atoms with Gasteiger partial charge in [-0.25, -0.2) is 4.98 Å². The number of nitrogens with zero attached hydrogens (tertiary/aromatic N) is 2. The number of imidazole rings is 1. The lowest BCUT2D eigenvalue weighted by Crippen LogP contribution is -1.90. The number of furan rings is 1. The maximum absolute atomic E-state index is 5.32. The van der Waals surface area contributed by atoms with Gasteiger partial charge in [0.2, 0.25) is 0 Å². The number of rotatable bonds is 1. The summed E-state index contributed by atoms with van der Waals surface area (Å²) in [6.45, 7) is 1.94. The molecular formula is C13H12N2O. The van der Waals surface area contributed by atoms with Gasteiger partial charge in [0, 0.05) is 7.05 Å². The summed E-state index contributed by atoms with van der Waals surface area (Å²) < 4.78 is 7.40. The van der Waals surface area contributed by atoms with Crippen LogP contribution in [0.1, 0.15) is 5.76 Å². The number of hydrogen-bond donors (Lipinski definition) is 0. The second-order valence-corrected chi connectivity index (χ2v) is 3.93. The highest BCUT2D eigenvalue weighted by Gasteiger charge is 2.10. The van der Waals surface area contributed by atoms with Crippen molar-refractivity contribution in [3.8, 4) is 11.4 Å². The van der Waals surface area contributed by atoms with Crippen molar-refractivity contribution in [2.24, 2.45) is 7.05 Å². The second-order valence-electron chi connectivity index (χ2n) is 3.93. The zero-order valence-electron chi connectivity index (χ0n) is 9.27. The Hall–Kier alpha value is -2.03. The molecule has 2 heterocycles. The second kappa shape index (κ2) is 3.23. The maximum atomic E-state index is 5.32. The molecule has 0 aliphatic carbocycles. The molecule has 3 rings (SSSR count). The normalized spacial score (nSPS) is 11.1. The molecule has 2 aromatic heterocycles. The van der Waals surface area contributed by atoms with Crippen LogP contribution in [0.4, 0.5) is 0 Å². The number of benzene rings is 1. The number of aryl methyl sites for hydroxylation is 2. The zero-order valence-corrected chi connectivity index (χ0v) is 9.27. The van der Waals surface area contributed by atoms with Crippen molar-refractivity contribution in [2.75, 3.05) is 0 Å². The van der Waals surface area contributed by atoms with Crippen LogP contribution in [0.3, 0.4) is 0 Å². The van der Waals surface area contributed by atoms with Gasteiger partial charge < -0.3 is 8.98 Å². The van der Waals surface area contributed by atoms with E-state index < -0.39 is 0 Å². The molecular weight excluding hydrogens is 200 g/mol. The van der Waals surface area contributed by atoms with E-state index in [0.29, 0.717) is 0 Å². The third-order valence-corrected chi connectivity index (χ3v) is 2.78. The van der Waals surface area contributed by atoms with Crippen LogP contribution in [0.5, 0.6) is 0 Å². The molecule has 0 saturated carbocycles. The molecule has 0 aliphatic heterocycles. The fourth-order valence-electron chi connectivity index (χ4n) is 1.96. The van der Waals surface area contributed by atoms with Gasteiger partial charge in [0.25, 0.3) is 0 Å². The third-order valence-electron chi connectivity index (χ3n) is 2.78. The highest BCUT2D eigenvalue weighted by atomic mass is 16.3. The first kappa shape index (κ1) is 9.21. The number of hydrogen-bond acceptors (Lipinski definition) is 2. The molecule has 0 bridgehead atoms. The van der Waals surface area contributed by atoms with E-state index in [-0.39, 0.29) is 0 Å². The Bertz CT molecular complexity index is 649. The molecule has 1 aromatic carbocycles. The fraction of sp³-hybridized carbons (Fsp3) is 0.154. The van der Waals surface area contributed by atoms with Crippen molar-refractivity contribution in [3.63, 3.8) is 0 Å². The monoisotopic (exact) mass is 212 g/mol. The molecule has 0 aliphatic rings. The average molecular weight is 212 g/mol. The summed E-state index contributed by atoms with van der Waals surface area (Å²) in [5.74, 6) is 1.85. The highest BCUT2D eigenvalue weighted by Crippen LogP contribution is 2.24. The topological polar surface area (TPSA) is 31.0 Å². The predicted molar refractivity (Wildman–Crippen MR) is 63.2 cm³/mol. The van der Waals surface area contributed by atoms with Gasteiger partial charge in [-0.2, -0.15) is 0 Å². The predicted octanol–water partition coefficient (Wildman–Crippen LogP) is 3.14. The minimum Gasteiger partial charge on any atom is -0.469 e. The van der Waals surface area contributed by atoms with E-state index >= 15 is 0 Å².